The molecule has 3 rings (SSSR count). The second kappa shape index (κ2) is 7.71. The van der Waals surface area contributed by atoms with E-state index < -0.39 is 0 Å². The number of carbonyl (C=O) groups excluding carboxylic acids is 1. The minimum Gasteiger partial charge on any atom is -0.496 e. The zero-order valence-corrected chi connectivity index (χ0v) is 14.4. The van der Waals surface area contributed by atoms with Crippen LogP contribution in [0.4, 0.5) is 0 Å². The molecule has 0 N–H and O–H groups in total. The third kappa shape index (κ3) is 3.58. The molecule has 0 saturated heterocycles. The normalized spacial score (nSPS) is 10.5. The van der Waals surface area contributed by atoms with Gasteiger partial charge in [0, 0.05) is 11.8 Å². The van der Waals surface area contributed by atoms with Gasteiger partial charge < -0.3 is 14.0 Å². The van der Waals surface area contributed by atoms with Crippen LogP contribution >= 0.6 is 0 Å². The molecule has 1 heterocycles. The van der Waals surface area contributed by atoms with Gasteiger partial charge in [0.1, 0.15) is 5.75 Å². The summed E-state index contributed by atoms with van der Waals surface area (Å²) in [6, 6.07) is 19.6. The van der Waals surface area contributed by atoms with Crippen molar-refractivity contribution >= 4 is 5.97 Å². The summed E-state index contributed by atoms with van der Waals surface area (Å²) in [4.78, 5) is 12.4. The molecule has 0 aliphatic carbocycles. The van der Waals surface area contributed by atoms with Crippen molar-refractivity contribution in [3.8, 4) is 17.0 Å². The Labute approximate surface area is 147 Å². The average molecular weight is 335 g/mol. The number of rotatable bonds is 6. The van der Waals surface area contributed by atoms with Crippen LogP contribution in [-0.4, -0.2) is 24.3 Å². The molecule has 2 aromatic carbocycles. The first kappa shape index (κ1) is 16.8. The lowest BCUT2D eigenvalue weighted by Gasteiger charge is -2.14. The molecule has 0 bridgehead atoms. The first-order valence-electron chi connectivity index (χ1n) is 8.28. The van der Waals surface area contributed by atoms with Gasteiger partial charge in [0.05, 0.1) is 31.5 Å². The van der Waals surface area contributed by atoms with Gasteiger partial charge in [0.25, 0.3) is 0 Å². The maximum Gasteiger partial charge on any atom is 0.340 e. The Bertz CT molecular complexity index is 853. The first-order valence-corrected chi connectivity index (χ1v) is 8.28. The topological polar surface area (TPSA) is 40.5 Å². The van der Waals surface area contributed by atoms with Crippen molar-refractivity contribution in [1.29, 1.82) is 0 Å². The van der Waals surface area contributed by atoms with Crippen LogP contribution in [0.3, 0.4) is 0 Å². The minimum atomic E-state index is -0.305. The van der Waals surface area contributed by atoms with E-state index in [0.717, 1.165) is 22.6 Å². The lowest BCUT2D eigenvalue weighted by Crippen LogP contribution is -2.08. The molecule has 0 aliphatic heterocycles. The summed E-state index contributed by atoms with van der Waals surface area (Å²) in [5, 5.41) is 0. The van der Waals surface area contributed by atoms with E-state index in [0.29, 0.717) is 18.7 Å². The van der Waals surface area contributed by atoms with Gasteiger partial charge in [-0.2, -0.15) is 0 Å². The smallest absolute Gasteiger partial charge is 0.340 e. The summed E-state index contributed by atoms with van der Waals surface area (Å²) in [7, 11) is 1.66. The van der Waals surface area contributed by atoms with Gasteiger partial charge in [0.2, 0.25) is 0 Å². The van der Waals surface area contributed by atoms with Crippen LogP contribution in [0.15, 0.2) is 66.9 Å². The molecule has 0 aliphatic rings. The van der Waals surface area contributed by atoms with Gasteiger partial charge in [-0.3, -0.25) is 0 Å². The fourth-order valence-corrected chi connectivity index (χ4v) is 2.91. The number of esters is 1. The molecule has 4 nitrogen and oxygen atoms in total. The molecule has 1 aromatic heterocycles. The average Bonchev–Trinajstić information content (AvgIpc) is 3.07. The second-order valence-corrected chi connectivity index (χ2v) is 5.60. The summed E-state index contributed by atoms with van der Waals surface area (Å²) >= 11 is 0. The quantitative estimate of drug-likeness (QED) is 0.627. The van der Waals surface area contributed by atoms with Crippen LogP contribution < -0.4 is 4.74 Å². The van der Waals surface area contributed by atoms with E-state index in [-0.39, 0.29) is 5.97 Å². The monoisotopic (exact) mass is 335 g/mol. The van der Waals surface area contributed by atoms with Crippen LogP contribution in [0, 0.1) is 0 Å². The number of nitrogens with zero attached hydrogens (tertiary/aromatic N) is 1. The van der Waals surface area contributed by atoms with E-state index in [4.69, 9.17) is 9.47 Å². The number of methoxy groups -OCH3 is 1. The molecule has 4 heteroatoms. The Kier molecular flexibility index (Phi) is 5.19. The maximum absolute atomic E-state index is 12.4. The predicted molar refractivity (Wildman–Crippen MR) is 97.9 cm³/mol. The van der Waals surface area contributed by atoms with E-state index in [1.165, 1.54) is 0 Å². The van der Waals surface area contributed by atoms with E-state index in [9.17, 15) is 4.79 Å². The number of hydrogen-bond acceptors (Lipinski definition) is 3. The summed E-state index contributed by atoms with van der Waals surface area (Å²) in [6.07, 6.45) is 1.92. The van der Waals surface area contributed by atoms with Gasteiger partial charge in [-0.05, 0) is 24.6 Å². The molecule has 0 spiro atoms. The van der Waals surface area contributed by atoms with Crippen molar-refractivity contribution in [2.24, 2.45) is 0 Å². The number of para-hydroxylation sites is 1. The number of ether oxygens (including phenoxy) is 2. The molecular formula is C21H21NO3. The molecule has 0 unspecified atom stereocenters. The lowest BCUT2D eigenvalue weighted by molar-refractivity contribution is 0.0527. The largest absolute Gasteiger partial charge is 0.496 e. The van der Waals surface area contributed by atoms with E-state index in [2.05, 4.69) is 4.57 Å². The molecule has 0 fully saturated rings. The van der Waals surface area contributed by atoms with Gasteiger partial charge in [-0.25, -0.2) is 4.79 Å². The van der Waals surface area contributed by atoms with Gasteiger partial charge in [0.15, 0.2) is 0 Å². The highest BCUT2D eigenvalue weighted by atomic mass is 16.5. The fraction of sp³-hybridized carbons (Fsp3) is 0.190. The number of aromatic nitrogens is 1. The van der Waals surface area contributed by atoms with Crippen molar-refractivity contribution in [1.82, 2.24) is 4.57 Å². The number of benzene rings is 2. The van der Waals surface area contributed by atoms with Crippen molar-refractivity contribution in [3.05, 3.63) is 78.0 Å². The van der Waals surface area contributed by atoms with E-state index in [1.54, 1.807) is 7.11 Å². The third-order valence-corrected chi connectivity index (χ3v) is 4.04. The van der Waals surface area contributed by atoms with Crippen LogP contribution in [0.5, 0.6) is 5.75 Å². The van der Waals surface area contributed by atoms with Crippen LogP contribution in [0.25, 0.3) is 11.3 Å². The Hall–Kier alpha value is -3.01. The lowest BCUT2D eigenvalue weighted by atomic mass is 10.1. The third-order valence-electron chi connectivity index (χ3n) is 4.04. The zero-order chi connectivity index (χ0) is 17.6. The highest BCUT2D eigenvalue weighted by molar-refractivity contribution is 5.96. The van der Waals surface area contributed by atoms with Crippen molar-refractivity contribution in [2.75, 3.05) is 13.7 Å². The second-order valence-electron chi connectivity index (χ2n) is 5.60. The number of carbonyl (C=O) groups is 1. The summed E-state index contributed by atoms with van der Waals surface area (Å²) < 4.78 is 12.7. The fourth-order valence-electron chi connectivity index (χ4n) is 2.91. The first-order chi connectivity index (χ1) is 12.2. The Morgan fingerprint density at radius 2 is 1.72 bits per heavy atom. The van der Waals surface area contributed by atoms with Crippen molar-refractivity contribution in [2.45, 2.75) is 13.5 Å². The van der Waals surface area contributed by atoms with Gasteiger partial charge >= 0.3 is 5.97 Å². The van der Waals surface area contributed by atoms with Crippen molar-refractivity contribution in [3.63, 3.8) is 0 Å². The molecule has 0 radical (unpaired) electrons. The maximum atomic E-state index is 12.4. The van der Waals surface area contributed by atoms with E-state index in [1.807, 2.05) is 73.8 Å². The zero-order valence-electron chi connectivity index (χ0n) is 14.4. The molecule has 128 valence electrons. The van der Waals surface area contributed by atoms with Gasteiger partial charge in [-0.1, -0.05) is 48.5 Å². The number of hydrogen-bond donors (Lipinski definition) is 0. The highest BCUT2D eigenvalue weighted by Crippen LogP contribution is 2.28. The molecule has 0 amide bonds. The molecular weight excluding hydrogens is 314 g/mol. The molecule has 0 saturated carbocycles. The Morgan fingerprint density at radius 1 is 1.00 bits per heavy atom. The molecule has 25 heavy (non-hydrogen) atoms. The van der Waals surface area contributed by atoms with E-state index >= 15 is 0 Å². The SMILES string of the molecule is CCOC(=O)c1ccn(Cc2ccccc2OC)c1-c1ccccc1. The molecule has 0 atom stereocenters. The summed E-state index contributed by atoms with van der Waals surface area (Å²) in [5.41, 5.74) is 3.45. The van der Waals surface area contributed by atoms with Crippen LogP contribution in [-0.2, 0) is 11.3 Å². The van der Waals surface area contributed by atoms with Crippen LogP contribution in [0.1, 0.15) is 22.8 Å². The van der Waals surface area contributed by atoms with Crippen LogP contribution in [0.2, 0.25) is 0 Å². The standard InChI is InChI=1S/C21H21NO3/c1-3-25-21(23)18-13-14-22(20(18)16-9-5-4-6-10-16)15-17-11-7-8-12-19(17)24-2/h4-14H,3,15H2,1-2H3. The summed E-state index contributed by atoms with van der Waals surface area (Å²) in [5.74, 6) is 0.521. The Balaban J connectivity index is 2.06. The molecule has 3 aromatic rings. The summed E-state index contributed by atoms with van der Waals surface area (Å²) in [6.45, 7) is 2.77. The Morgan fingerprint density at radius 3 is 2.44 bits per heavy atom. The minimum absolute atomic E-state index is 0.305. The van der Waals surface area contributed by atoms with Crippen molar-refractivity contribution < 1.29 is 14.3 Å². The van der Waals surface area contributed by atoms with Gasteiger partial charge in [-0.15, -0.1) is 0 Å². The highest BCUT2D eigenvalue weighted by Gasteiger charge is 2.19. The predicted octanol–water partition coefficient (Wildman–Crippen LogP) is 4.39.